The highest BCUT2D eigenvalue weighted by atomic mass is 35.5. The molecule has 0 aliphatic carbocycles. The van der Waals surface area contributed by atoms with Gasteiger partial charge in [-0.3, -0.25) is 0 Å². The Labute approximate surface area is 120 Å². The third-order valence-electron chi connectivity index (χ3n) is 3.60. The van der Waals surface area contributed by atoms with E-state index < -0.39 is 11.7 Å². The second-order valence-electron chi connectivity index (χ2n) is 4.83. The minimum absolute atomic E-state index is 0. The molecule has 1 aromatic heterocycles. The van der Waals surface area contributed by atoms with E-state index in [1.807, 2.05) is 4.57 Å². The molecule has 0 atom stereocenters. The lowest BCUT2D eigenvalue weighted by Crippen LogP contribution is -2.29. The van der Waals surface area contributed by atoms with Crippen molar-refractivity contribution in [1.82, 2.24) is 14.9 Å². The van der Waals surface area contributed by atoms with E-state index >= 15 is 0 Å². The molecular weight excluding hydrogens is 291 g/mol. The van der Waals surface area contributed by atoms with E-state index in [0.29, 0.717) is 11.6 Å². The monoisotopic (exact) mass is 305 g/mol. The summed E-state index contributed by atoms with van der Waals surface area (Å²) >= 11 is 0. The Hall–Kier alpha value is -1.27. The van der Waals surface area contributed by atoms with Crippen LogP contribution in [0.3, 0.4) is 0 Å². The number of piperidine rings is 1. The van der Waals surface area contributed by atoms with Gasteiger partial charge in [-0.25, -0.2) is 4.98 Å². The van der Waals surface area contributed by atoms with Crippen LogP contribution >= 0.6 is 12.4 Å². The Kier molecular flexibility index (Phi) is 4.25. The first-order valence-electron chi connectivity index (χ1n) is 6.30. The van der Waals surface area contributed by atoms with Crippen LogP contribution in [0.4, 0.5) is 13.2 Å². The molecule has 2 heterocycles. The van der Waals surface area contributed by atoms with Gasteiger partial charge in [-0.05, 0) is 44.1 Å². The van der Waals surface area contributed by atoms with Gasteiger partial charge in [-0.1, -0.05) is 0 Å². The SMILES string of the molecule is Cl.FC(F)(F)c1ccc2c(c1)ncn2C1CCNCC1. The predicted octanol–water partition coefficient (Wildman–Crippen LogP) is 3.40. The maximum absolute atomic E-state index is 12.6. The highest BCUT2D eigenvalue weighted by Crippen LogP contribution is 2.32. The number of halogens is 4. The van der Waals surface area contributed by atoms with E-state index in [-0.39, 0.29) is 12.4 Å². The zero-order chi connectivity index (χ0) is 13.5. The fraction of sp³-hybridized carbons (Fsp3) is 0.462. The molecule has 20 heavy (non-hydrogen) atoms. The van der Waals surface area contributed by atoms with E-state index in [0.717, 1.165) is 43.6 Å². The van der Waals surface area contributed by atoms with Crippen LogP contribution in [0.15, 0.2) is 24.5 Å². The van der Waals surface area contributed by atoms with Crippen molar-refractivity contribution in [3.8, 4) is 0 Å². The molecule has 7 heteroatoms. The minimum atomic E-state index is -4.31. The molecule has 3 nitrogen and oxygen atoms in total. The van der Waals surface area contributed by atoms with Gasteiger partial charge in [0.05, 0.1) is 22.9 Å². The largest absolute Gasteiger partial charge is 0.416 e. The second kappa shape index (κ2) is 5.61. The fourth-order valence-corrected chi connectivity index (χ4v) is 2.58. The Morgan fingerprint density at radius 2 is 1.90 bits per heavy atom. The normalized spacial score (nSPS) is 17.1. The van der Waals surface area contributed by atoms with Gasteiger partial charge in [0.15, 0.2) is 0 Å². The van der Waals surface area contributed by atoms with Gasteiger partial charge in [0.1, 0.15) is 0 Å². The summed E-state index contributed by atoms with van der Waals surface area (Å²) in [5.74, 6) is 0. The number of nitrogens with zero attached hydrogens (tertiary/aromatic N) is 2. The van der Waals surface area contributed by atoms with Crippen LogP contribution in [0, 0.1) is 0 Å². The quantitative estimate of drug-likeness (QED) is 0.875. The van der Waals surface area contributed by atoms with Crippen LogP contribution in [0.1, 0.15) is 24.4 Å². The van der Waals surface area contributed by atoms with Crippen molar-refractivity contribution in [2.24, 2.45) is 0 Å². The molecule has 0 unspecified atom stereocenters. The molecule has 1 N–H and O–H groups in total. The third-order valence-corrected chi connectivity index (χ3v) is 3.60. The van der Waals surface area contributed by atoms with Crippen molar-refractivity contribution in [2.75, 3.05) is 13.1 Å². The first-order chi connectivity index (χ1) is 9.05. The molecule has 0 spiro atoms. The number of alkyl halides is 3. The maximum Gasteiger partial charge on any atom is 0.416 e. The molecule has 0 bridgehead atoms. The van der Waals surface area contributed by atoms with Crippen LogP contribution < -0.4 is 5.32 Å². The van der Waals surface area contributed by atoms with Crippen molar-refractivity contribution in [3.05, 3.63) is 30.1 Å². The van der Waals surface area contributed by atoms with Gasteiger partial charge in [0.2, 0.25) is 0 Å². The molecule has 0 amide bonds. The van der Waals surface area contributed by atoms with E-state index in [4.69, 9.17) is 0 Å². The molecule has 3 rings (SSSR count). The first-order valence-corrected chi connectivity index (χ1v) is 6.30. The highest BCUT2D eigenvalue weighted by molar-refractivity contribution is 5.85. The number of rotatable bonds is 1. The smallest absolute Gasteiger partial charge is 0.327 e. The van der Waals surface area contributed by atoms with Crippen molar-refractivity contribution in [3.63, 3.8) is 0 Å². The Balaban J connectivity index is 0.00000147. The van der Waals surface area contributed by atoms with Gasteiger partial charge in [0.25, 0.3) is 0 Å². The highest BCUT2D eigenvalue weighted by Gasteiger charge is 2.31. The van der Waals surface area contributed by atoms with E-state index in [2.05, 4.69) is 10.3 Å². The average Bonchev–Trinajstić information content (AvgIpc) is 2.81. The van der Waals surface area contributed by atoms with Crippen LogP contribution in [0.5, 0.6) is 0 Å². The lowest BCUT2D eigenvalue weighted by Gasteiger charge is -2.24. The molecular formula is C13H15ClF3N3. The van der Waals surface area contributed by atoms with Crippen molar-refractivity contribution in [1.29, 1.82) is 0 Å². The summed E-state index contributed by atoms with van der Waals surface area (Å²) < 4.78 is 39.9. The Bertz CT molecular complexity index is 588. The third kappa shape index (κ3) is 2.76. The van der Waals surface area contributed by atoms with E-state index in [1.165, 1.54) is 6.07 Å². The molecule has 1 fully saturated rings. The summed E-state index contributed by atoms with van der Waals surface area (Å²) in [6.07, 6.45) is -0.702. The summed E-state index contributed by atoms with van der Waals surface area (Å²) in [5, 5.41) is 3.27. The van der Waals surface area contributed by atoms with Crippen LogP contribution in [-0.4, -0.2) is 22.6 Å². The summed E-state index contributed by atoms with van der Waals surface area (Å²) in [6, 6.07) is 4.09. The molecule has 0 saturated carbocycles. The van der Waals surface area contributed by atoms with Gasteiger partial charge in [-0.15, -0.1) is 12.4 Å². The van der Waals surface area contributed by atoms with Gasteiger partial charge < -0.3 is 9.88 Å². The molecule has 1 saturated heterocycles. The fourth-order valence-electron chi connectivity index (χ4n) is 2.58. The van der Waals surface area contributed by atoms with Gasteiger partial charge in [0, 0.05) is 6.04 Å². The summed E-state index contributed by atoms with van der Waals surface area (Å²) in [4.78, 5) is 4.11. The molecule has 1 aliphatic rings. The molecule has 1 aromatic carbocycles. The number of nitrogens with one attached hydrogen (secondary N) is 1. The number of hydrogen-bond acceptors (Lipinski definition) is 2. The topological polar surface area (TPSA) is 29.9 Å². The number of aromatic nitrogens is 2. The lowest BCUT2D eigenvalue weighted by molar-refractivity contribution is -0.137. The van der Waals surface area contributed by atoms with Gasteiger partial charge >= 0.3 is 6.18 Å². The van der Waals surface area contributed by atoms with Gasteiger partial charge in [-0.2, -0.15) is 13.2 Å². The van der Waals surface area contributed by atoms with Crippen LogP contribution in [0.2, 0.25) is 0 Å². The first kappa shape index (κ1) is 15.1. The molecule has 110 valence electrons. The van der Waals surface area contributed by atoms with Crippen molar-refractivity contribution in [2.45, 2.75) is 25.1 Å². The average molecular weight is 306 g/mol. The minimum Gasteiger partial charge on any atom is -0.327 e. The van der Waals surface area contributed by atoms with Crippen LogP contribution in [0.25, 0.3) is 11.0 Å². The van der Waals surface area contributed by atoms with E-state index in [1.54, 1.807) is 6.33 Å². The van der Waals surface area contributed by atoms with Crippen molar-refractivity contribution < 1.29 is 13.2 Å². The lowest BCUT2D eigenvalue weighted by atomic mass is 10.1. The van der Waals surface area contributed by atoms with Crippen LogP contribution in [-0.2, 0) is 6.18 Å². The standard InChI is InChI=1S/C13H14F3N3.ClH/c14-13(15,16)9-1-2-12-11(7-9)18-8-19(12)10-3-5-17-6-4-10;/h1-2,7-8,10,17H,3-6H2;1H. The Morgan fingerprint density at radius 3 is 2.55 bits per heavy atom. The molecule has 1 aliphatic heterocycles. The summed E-state index contributed by atoms with van der Waals surface area (Å²) in [7, 11) is 0. The maximum atomic E-state index is 12.6. The second-order valence-corrected chi connectivity index (χ2v) is 4.83. The van der Waals surface area contributed by atoms with Crippen molar-refractivity contribution >= 4 is 23.4 Å². The number of fused-ring (bicyclic) bond motifs is 1. The number of benzene rings is 1. The summed E-state index contributed by atoms with van der Waals surface area (Å²) in [6.45, 7) is 1.87. The zero-order valence-electron chi connectivity index (χ0n) is 10.7. The molecule has 2 aromatic rings. The molecule has 0 radical (unpaired) electrons. The summed E-state index contributed by atoms with van der Waals surface area (Å²) in [5.41, 5.74) is 0.545. The Morgan fingerprint density at radius 1 is 1.20 bits per heavy atom. The number of imidazole rings is 1. The van der Waals surface area contributed by atoms with E-state index in [9.17, 15) is 13.2 Å². The number of hydrogen-bond donors (Lipinski definition) is 1. The zero-order valence-corrected chi connectivity index (χ0v) is 11.5. The predicted molar refractivity (Wildman–Crippen MR) is 73.1 cm³/mol.